The van der Waals surface area contributed by atoms with Crippen molar-refractivity contribution in [1.29, 1.82) is 0 Å². The fraction of sp³-hybridized carbons (Fsp3) is 0.600. The molecule has 0 fully saturated rings. The average Bonchev–Trinajstić information content (AvgIpc) is 2.44. The normalized spacial score (nSPS) is 16.8. The molecular weight excluding hydrogens is 370 g/mol. The van der Waals surface area contributed by atoms with Gasteiger partial charge in [0.1, 0.15) is 0 Å². The second-order valence-corrected chi connectivity index (χ2v) is 8.55. The first kappa shape index (κ1) is 24.4. The highest BCUT2D eigenvalue weighted by molar-refractivity contribution is 7.60. The molecule has 25 heavy (non-hydrogen) atoms. The van der Waals surface area contributed by atoms with Crippen LogP contribution in [0.4, 0.5) is 0 Å². The molecule has 1 unspecified atom stereocenters. The third kappa shape index (κ3) is 15.4. The van der Waals surface area contributed by atoms with E-state index in [4.69, 9.17) is 19.8 Å². The maximum absolute atomic E-state index is 11.2. The highest BCUT2D eigenvalue weighted by Gasteiger charge is 2.31. The van der Waals surface area contributed by atoms with Crippen LogP contribution in [0.5, 0.6) is 0 Å². The number of rotatable bonds is 12. The molecule has 0 saturated heterocycles. The van der Waals surface area contributed by atoms with Gasteiger partial charge in [-0.1, -0.05) is 34.9 Å². The van der Waals surface area contributed by atoms with E-state index in [-0.39, 0.29) is 13.2 Å². The molecular formula is C15H28O8P2. The smallest absolute Gasteiger partial charge is 0.392 e. The van der Waals surface area contributed by atoms with E-state index in [0.717, 1.165) is 36.8 Å². The van der Waals surface area contributed by atoms with Gasteiger partial charge in [0.2, 0.25) is 0 Å². The lowest BCUT2D eigenvalue weighted by Gasteiger charge is -2.11. The zero-order valence-electron chi connectivity index (χ0n) is 14.8. The summed E-state index contributed by atoms with van der Waals surface area (Å²) in [5.74, 6) is 0. The topological polar surface area (TPSA) is 134 Å². The van der Waals surface area contributed by atoms with E-state index in [1.165, 1.54) is 5.57 Å². The highest BCUT2D eigenvalue weighted by Crippen LogP contribution is 2.57. The first-order valence-corrected chi connectivity index (χ1v) is 10.8. The van der Waals surface area contributed by atoms with Crippen LogP contribution in [0.1, 0.15) is 46.5 Å². The van der Waals surface area contributed by atoms with Crippen LogP contribution in [0.15, 0.2) is 34.9 Å². The summed E-state index contributed by atoms with van der Waals surface area (Å²) in [5.41, 5.74) is 3.10. The molecule has 0 rings (SSSR count). The molecule has 10 heteroatoms. The molecule has 0 radical (unpaired) electrons. The van der Waals surface area contributed by atoms with Gasteiger partial charge in [-0.25, -0.2) is 9.13 Å². The summed E-state index contributed by atoms with van der Waals surface area (Å²) < 4.78 is 29.9. The molecule has 0 aliphatic heterocycles. The third-order valence-corrected chi connectivity index (χ3v) is 5.34. The quantitative estimate of drug-likeness (QED) is 0.289. The molecule has 4 N–H and O–H groups in total. The lowest BCUT2D eigenvalue weighted by atomic mass is 10.1. The lowest BCUT2D eigenvalue weighted by Crippen LogP contribution is -1.94. The Kier molecular flexibility index (Phi) is 11.7. The predicted molar refractivity (Wildman–Crippen MR) is 95.7 cm³/mol. The Morgan fingerprint density at radius 1 is 0.880 bits per heavy atom. The Balaban J connectivity index is 4.19. The summed E-state index contributed by atoms with van der Waals surface area (Å²) >= 11 is 0. The minimum atomic E-state index is -5.08. The Labute approximate surface area is 148 Å². The summed E-state index contributed by atoms with van der Waals surface area (Å²) in [4.78, 5) is 26.1. The van der Waals surface area contributed by atoms with Crippen LogP contribution in [0, 0.1) is 0 Å². The van der Waals surface area contributed by atoms with Crippen molar-refractivity contribution in [1.82, 2.24) is 0 Å². The van der Waals surface area contributed by atoms with Crippen LogP contribution in [0.3, 0.4) is 0 Å². The van der Waals surface area contributed by atoms with Crippen LogP contribution < -0.4 is 0 Å². The zero-order chi connectivity index (χ0) is 19.5. The molecule has 0 aliphatic rings. The Morgan fingerprint density at radius 2 is 1.36 bits per heavy atom. The van der Waals surface area contributed by atoms with Crippen molar-refractivity contribution >= 4 is 15.6 Å². The highest BCUT2D eigenvalue weighted by atomic mass is 31.3. The van der Waals surface area contributed by atoms with Crippen molar-refractivity contribution in [2.75, 3.05) is 13.2 Å². The Hall–Kier alpha value is -0.560. The molecule has 0 bridgehead atoms. The van der Waals surface area contributed by atoms with Crippen LogP contribution in [-0.4, -0.2) is 33.0 Å². The Bertz CT molecular complexity index is 588. The number of phosphoric acid groups is 2. The fourth-order valence-electron chi connectivity index (χ4n) is 1.79. The van der Waals surface area contributed by atoms with E-state index in [0.29, 0.717) is 0 Å². The van der Waals surface area contributed by atoms with E-state index in [1.54, 1.807) is 6.08 Å². The van der Waals surface area contributed by atoms with Crippen molar-refractivity contribution < 1.29 is 37.8 Å². The summed E-state index contributed by atoms with van der Waals surface area (Å²) in [6.07, 6.45) is 8.98. The summed E-state index contributed by atoms with van der Waals surface area (Å²) in [6, 6.07) is 0. The maximum atomic E-state index is 11.2. The third-order valence-electron chi connectivity index (χ3n) is 3.19. The molecule has 146 valence electrons. The summed E-state index contributed by atoms with van der Waals surface area (Å²) in [6.45, 7) is 5.53. The first-order valence-electron chi connectivity index (χ1n) is 7.77. The molecule has 0 spiro atoms. The Morgan fingerprint density at radius 3 is 1.84 bits per heavy atom. The van der Waals surface area contributed by atoms with Gasteiger partial charge in [-0.2, -0.15) is 4.31 Å². The van der Waals surface area contributed by atoms with Gasteiger partial charge in [-0.05, 0) is 46.5 Å². The predicted octanol–water partition coefficient (Wildman–Crippen LogP) is 3.60. The molecule has 0 saturated carbocycles. The summed E-state index contributed by atoms with van der Waals surface area (Å²) in [7, 11) is -9.86. The number of hydrogen-bond acceptors (Lipinski definition) is 5. The molecule has 8 nitrogen and oxygen atoms in total. The van der Waals surface area contributed by atoms with Crippen molar-refractivity contribution in [2.45, 2.75) is 46.5 Å². The standard InChI is InChI=1S/C15H28O8P2/c1-13(7-5-9-15(3)12-16)6-4-8-14(2)10-11-22-25(20,21)23-24(17,18)19/h6,9-10,16H,4-5,7-8,11-12H2,1-3H3,(H,20,21)(H2,17,18,19)/b13-6+,14-10+,15-9+. The minimum Gasteiger partial charge on any atom is -0.392 e. The summed E-state index contributed by atoms with van der Waals surface area (Å²) in [5, 5.41) is 8.90. The number of hydrogen-bond donors (Lipinski definition) is 4. The number of aliphatic hydroxyl groups excluding tert-OH is 1. The van der Waals surface area contributed by atoms with Crippen LogP contribution in [0.25, 0.3) is 0 Å². The van der Waals surface area contributed by atoms with E-state index < -0.39 is 15.6 Å². The van der Waals surface area contributed by atoms with E-state index in [9.17, 15) is 9.13 Å². The second-order valence-electron chi connectivity index (χ2n) is 5.72. The van der Waals surface area contributed by atoms with Crippen molar-refractivity contribution in [2.24, 2.45) is 0 Å². The maximum Gasteiger partial charge on any atom is 0.481 e. The SMILES string of the molecule is C/C(=C\CC/C(C)=C/CC/C(C)=C/COP(=O)(O)OP(=O)(O)O)CO. The first-order chi connectivity index (χ1) is 11.4. The van der Waals surface area contributed by atoms with Crippen molar-refractivity contribution in [3.05, 3.63) is 34.9 Å². The van der Waals surface area contributed by atoms with Gasteiger partial charge in [0.25, 0.3) is 0 Å². The molecule has 0 aromatic carbocycles. The molecule has 0 heterocycles. The van der Waals surface area contributed by atoms with Gasteiger partial charge in [0.15, 0.2) is 0 Å². The monoisotopic (exact) mass is 398 g/mol. The zero-order valence-corrected chi connectivity index (χ0v) is 16.6. The fourth-order valence-corrected chi connectivity index (χ4v) is 3.32. The lowest BCUT2D eigenvalue weighted by molar-refractivity contribution is 0.191. The van der Waals surface area contributed by atoms with Gasteiger partial charge in [0.05, 0.1) is 13.2 Å². The van der Waals surface area contributed by atoms with Crippen molar-refractivity contribution in [3.8, 4) is 0 Å². The van der Waals surface area contributed by atoms with E-state index >= 15 is 0 Å². The van der Waals surface area contributed by atoms with Crippen molar-refractivity contribution in [3.63, 3.8) is 0 Å². The van der Waals surface area contributed by atoms with Gasteiger partial charge in [0, 0.05) is 0 Å². The number of phosphoric ester groups is 1. The van der Waals surface area contributed by atoms with Crippen LogP contribution >= 0.6 is 15.6 Å². The van der Waals surface area contributed by atoms with Gasteiger partial charge >= 0.3 is 15.6 Å². The molecule has 0 amide bonds. The molecule has 0 aromatic rings. The van der Waals surface area contributed by atoms with Crippen LogP contribution in [0.2, 0.25) is 0 Å². The van der Waals surface area contributed by atoms with Gasteiger partial charge in [-0.15, -0.1) is 0 Å². The van der Waals surface area contributed by atoms with Gasteiger partial charge in [-0.3, -0.25) is 4.52 Å². The van der Waals surface area contributed by atoms with E-state index in [1.807, 2.05) is 26.8 Å². The molecule has 1 atom stereocenters. The second kappa shape index (κ2) is 11.9. The molecule has 0 aromatic heterocycles. The van der Waals surface area contributed by atoms with E-state index in [2.05, 4.69) is 14.9 Å². The van der Waals surface area contributed by atoms with Gasteiger partial charge < -0.3 is 19.8 Å². The average molecular weight is 398 g/mol. The van der Waals surface area contributed by atoms with Crippen LogP contribution in [-0.2, 0) is 18.0 Å². The number of aliphatic hydroxyl groups is 1. The minimum absolute atomic E-state index is 0.0782. The largest absolute Gasteiger partial charge is 0.481 e. The number of allylic oxidation sites excluding steroid dienone is 4. The molecule has 0 aliphatic carbocycles.